The van der Waals surface area contributed by atoms with Gasteiger partial charge in [0, 0.05) is 23.7 Å². The molecular formula is C24H24ClN5O2. The number of carbonyl (C=O) groups is 1. The lowest BCUT2D eigenvalue weighted by Crippen LogP contribution is -2.25. The molecule has 2 heterocycles. The first kappa shape index (κ1) is 21.8. The molecule has 0 radical (unpaired) electrons. The predicted octanol–water partition coefficient (Wildman–Crippen LogP) is 4.58. The largest absolute Gasteiger partial charge is 0.326 e. The van der Waals surface area contributed by atoms with E-state index >= 15 is 0 Å². The van der Waals surface area contributed by atoms with E-state index in [4.69, 9.17) is 11.6 Å². The predicted molar refractivity (Wildman–Crippen MR) is 127 cm³/mol. The summed E-state index contributed by atoms with van der Waals surface area (Å²) in [6, 6.07) is 15.0. The lowest BCUT2D eigenvalue weighted by Gasteiger charge is -2.09. The fourth-order valence-corrected chi connectivity index (χ4v) is 4.05. The van der Waals surface area contributed by atoms with Crippen LogP contribution in [0, 0.1) is 20.8 Å². The molecule has 2 aromatic heterocycles. The van der Waals surface area contributed by atoms with Gasteiger partial charge in [-0.2, -0.15) is 10.2 Å². The van der Waals surface area contributed by atoms with Gasteiger partial charge in [0.2, 0.25) is 5.91 Å². The lowest BCUT2D eigenvalue weighted by atomic mass is 10.2. The van der Waals surface area contributed by atoms with E-state index in [-0.39, 0.29) is 17.9 Å². The molecule has 1 N–H and O–H groups in total. The second-order valence-corrected chi connectivity index (χ2v) is 8.22. The van der Waals surface area contributed by atoms with Crippen molar-refractivity contribution in [1.29, 1.82) is 0 Å². The van der Waals surface area contributed by atoms with Gasteiger partial charge < -0.3 is 5.32 Å². The van der Waals surface area contributed by atoms with E-state index in [9.17, 15) is 9.59 Å². The van der Waals surface area contributed by atoms with Crippen molar-refractivity contribution in [3.63, 3.8) is 0 Å². The van der Waals surface area contributed by atoms with Gasteiger partial charge in [0.15, 0.2) is 5.52 Å². The number of halogens is 1. The molecule has 2 aromatic carbocycles. The Kier molecular flexibility index (Phi) is 6.10. The number of hydrogen-bond acceptors (Lipinski definition) is 4. The van der Waals surface area contributed by atoms with E-state index in [1.54, 1.807) is 22.9 Å². The van der Waals surface area contributed by atoms with Gasteiger partial charge in [-0.05, 0) is 63.1 Å². The molecule has 7 nitrogen and oxygen atoms in total. The maximum atomic E-state index is 13.0. The molecule has 0 aliphatic heterocycles. The SMILES string of the molecule is Cc1cc(Cl)ccc1NC(=O)CCCn1nc(C)c2c(C)n(-c3ccccc3)nc2c1=O. The number of benzene rings is 2. The maximum absolute atomic E-state index is 13.0. The van der Waals surface area contributed by atoms with Crippen LogP contribution in [0.5, 0.6) is 0 Å². The number of nitrogens with one attached hydrogen (secondary N) is 1. The summed E-state index contributed by atoms with van der Waals surface area (Å²) in [5.74, 6) is -0.120. The van der Waals surface area contributed by atoms with Gasteiger partial charge in [0.25, 0.3) is 5.56 Å². The molecule has 0 saturated carbocycles. The van der Waals surface area contributed by atoms with Crippen LogP contribution in [0.1, 0.15) is 29.8 Å². The van der Waals surface area contributed by atoms with Crippen molar-refractivity contribution >= 4 is 34.1 Å². The molecule has 8 heteroatoms. The van der Waals surface area contributed by atoms with Crippen LogP contribution in [0.25, 0.3) is 16.6 Å². The maximum Gasteiger partial charge on any atom is 0.295 e. The number of carbonyl (C=O) groups excluding carboxylic acids is 1. The summed E-state index contributed by atoms with van der Waals surface area (Å²) in [7, 11) is 0. The number of rotatable bonds is 6. The average Bonchev–Trinajstić information content (AvgIpc) is 3.12. The number of amides is 1. The van der Waals surface area contributed by atoms with E-state index in [0.29, 0.717) is 23.5 Å². The van der Waals surface area contributed by atoms with Crippen LogP contribution in [0.3, 0.4) is 0 Å². The van der Waals surface area contributed by atoms with Crippen molar-refractivity contribution in [2.24, 2.45) is 0 Å². The minimum absolute atomic E-state index is 0.120. The Labute approximate surface area is 190 Å². The molecule has 0 fully saturated rings. The Morgan fingerprint density at radius 1 is 1.06 bits per heavy atom. The molecular weight excluding hydrogens is 426 g/mol. The highest BCUT2D eigenvalue weighted by molar-refractivity contribution is 6.30. The van der Waals surface area contributed by atoms with Crippen LogP contribution in [0.4, 0.5) is 5.69 Å². The molecule has 0 unspecified atom stereocenters. The molecule has 32 heavy (non-hydrogen) atoms. The summed E-state index contributed by atoms with van der Waals surface area (Å²) in [5, 5.41) is 13.3. The molecule has 0 atom stereocenters. The molecule has 4 aromatic rings. The third-order valence-corrected chi connectivity index (χ3v) is 5.66. The Balaban J connectivity index is 1.51. The first-order valence-electron chi connectivity index (χ1n) is 10.4. The molecule has 1 amide bonds. The minimum atomic E-state index is -0.252. The van der Waals surface area contributed by atoms with Gasteiger partial charge in [-0.25, -0.2) is 9.36 Å². The summed E-state index contributed by atoms with van der Waals surface area (Å²) in [6.07, 6.45) is 0.749. The van der Waals surface area contributed by atoms with E-state index in [0.717, 1.165) is 33.7 Å². The van der Waals surface area contributed by atoms with E-state index in [2.05, 4.69) is 15.5 Å². The van der Waals surface area contributed by atoms with Crippen LogP contribution >= 0.6 is 11.6 Å². The fraction of sp³-hybridized carbons (Fsp3) is 0.250. The number of anilines is 1. The standard InChI is InChI=1S/C24H24ClN5O2/c1-15-14-18(25)11-12-20(15)26-21(31)10-7-13-29-24(32)23-22(16(2)27-29)17(3)30(28-23)19-8-5-4-6-9-19/h4-6,8-9,11-12,14H,7,10,13H2,1-3H3,(H,26,31). The lowest BCUT2D eigenvalue weighted by molar-refractivity contribution is -0.116. The quantitative estimate of drug-likeness (QED) is 0.467. The van der Waals surface area contributed by atoms with Crippen LogP contribution < -0.4 is 10.9 Å². The molecule has 0 bridgehead atoms. The highest BCUT2D eigenvalue weighted by Crippen LogP contribution is 2.21. The topological polar surface area (TPSA) is 81.8 Å². The molecule has 0 aliphatic rings. The molecule has 4 rings (SSSR count). The summed E-state index contributed by atoms with van der Waals surface area (Å²) in [4.78, 5) is 25.4. The zero-order valence-corrected chi connectivity index (χ0v) is 19.0. The second kappa shape index (κ2) is 8.96. The summed E-state index contributed by atoms with van der Waals surface area (Å²) < 4.78 is 3.17. The van der Waals surface area contributed by atoms with Gasteiger partial charge >= 0.3 is 0 Å². The Hall–Kier alpha value is -3.45. The van der Waals surface area contributed by atoms with E-state index < -0.39 is 0 Å². The van der Waals surface area contributed by atoms with Gasteiger partial charge in [0.1, 0.15) is 0 Å². The van der Waals surface area contributed by atoms with Crippen molar-refractivity contribution in [2.75, 3.05) is 5.32 Å². The van der Waals surface area contributed by atoms with E-state index in [1.165, 1.54) is 4.68 Å². The number of aryl methyl sites for hydroxylation is 4. The Bertz CT molecular complexity index is 1360. The first-order chi connectivity index (χ1) is 15.3. The first-order valence-corrected chi connectivity index (χ1v) is 10.8. The Morgan fingerprint density at radius 2 is 1.81 bits per heavy atom. The van der Waals surface area contributed by atoms with Gasteiger partial charge in [-0.1, -0.05) is 29.8 Å². The van der Waals surface area contributed by atoms with Crippen molar-refractivity contribution in [1.82, 2.24) is 19.6 Å². The summed E-state index contributed by atoms with van der Waals surface area (Å²) in [5.41, 5.74) is 4.26. The second-order valence-electron chi connectivity index (χ2n) is 7.78. The van der Waals surface area contributed by atoms with Crippen LogP contribution in [0.2, 0.25) is 5.02 Å². The van der Waals surface area contributed by atoms with Gasteiger partial charge in [-0.15, -0.1) is 0 Å². The molecule has 0 saturated heterocycles. The van der Waals surface area contributed by atoms with Crippen LogP contribution in [0.15, 0.2) is 53.3 Å². The highest BCUT2D eigenvalue weighted by Gasteiger charge is 2.17. The number of hydrogen-bond donors (Lipinski definition) is 1. The smallest absolute Gasteiger partial charge is 0.295 e. The number of nitrogens with zero attached hydrogens (tertiary/aromatic N) is 4. The summed E-state index contributed by atoms with van der Waals surface area (Å²) in [6.45, 7) is 6.03. The van der Waals surface area contributed by atoms with Gasteiger partial charge in [0.05, 0.1) is 22.5 Å². The fourth-order valence-electron chi connectivity index (χ4n) is 3.83. The van der Waals surface area contributed by atoms with Gasteiger partial charge in [-0.3, -0.25) is 9.59 Å². The van der Waals surface area contributed by atoms with Crippen molar-refractivity contribution in [3.05, 3.63) is 80.9 Å². The average molecular weight is 450 g/mol. The summed E-state index contributed by atoms with van der Waals surface area (Å²) >= 11 is 5.96. The minimum Gasteiger partial charge on any atom is -0.326 e. The van der Waals surface area contributed by atoms with E-state index in [1.807, 2.05) is 51.1 Å². The third-order valence-electron chi connectivity index (χ3n) is 5.42. The number of aromatic nitrogens is 4. The zero-order valence-electron chi connectivity index (χ0n) is 18.2. The number of fused-ring (bicyclic) bond motifs is 1. The highest BCUT2D eigenvalue weighted by atomic mass is 35.5. The molecule has 0 aliphatic carbocycles. The van der Waals surface area contributed by atoms with Crippen molar-refractivity contribution in [3.8, 4) is 5.69 Å². The Morgan fingerprint density at radius 3 is 2.53 bits per heavy atom. The molecule has 164 valence electrons. The zero-order chi connectivity index (χ0) is 22.8. The normalized spacial score (nSPS) is 11.1. The number of para-hydroxylation sites is 1. The third kappa shape index (κ3) is 4.29. The van der Waals surface area contributed by atoms with Crippen LogP contribution in [-0.2, 0) is 11.3 Å². The molecule has 0 spiro atoms. The monoisotopic (exact) mass is 449 g/mol. The van der Waals surface area contributed by atoms with Crippen molar-refractivity contribution in [2.45, 2.75) is 40.2 Å². The van der Waals surface area contributed by atoms with Crippen LogP contribution in [-0.4, -0.2) is 25.5 Å². The van der Waals surface area contributed by atoms with Crippen molar-refractivity contribution < 1.29 is 4.79 Å².